The maximum absolute atomic E-state index is 5.81. The number of aryl methyl sites for hydroxylation is 1. The van der Waals surface area contributed by atoms with Crippen LogP contribution >= 0.6 is 11.6 Å². The number of benzene rings is 1. The number of nitrogens with zero attached hydrogens (tertiary/aromatic N) is 3. The van der Waals surface area contributed by atoms with Crippen molar-refractivity contribution in [3.63, 3.8) is 0 Å². The molecule has 0 atom stereocenters. The Balaban J connectivity index is 1.81. The highest BCUT2D eigenvalue weighted by atomic mass is 35.5. The first-order valence-corrected chi connectivity index (χ1v) is 6.98. The van der Waals surface area contributed by atoms with Gasteiger partial charge in [-0.05, 0) is 36.9 Å². The van der Waals surface area contributed by atoms with Crippen LogP contribution in [-0.2, 0) is 6.42 Å². The number of nitrogens with one attached hydrogen (secondary N) is 1. The third-order valence-electron chi connectivity index (χ3n) is 2.61. The lowest BCUT2D eigenvalue weighted by molar-refractivity contribution is 0.286. The molecule has 0 unspecified atom stereocenters. The first-order valence-electron chi connectivity index (χ1n) is 6.60. The van der Waals surface area contributed by atoms with Crippen LogP contribution in [0.4, 0.5) is 5.95 Å². The van der Waals surface area contributed by atoms with Crippen LogP contribution in [0.5, 0.6) is 6.01 Å². The molecule has 0 fully saturated rings. The molecule has 0 radical (unpaired) electrons. The van der Waals surface area contributed by atoms with Gasteiger partial charge in [0, 0.05) is 6.54 Å². The van der Waals surface area contributed by atoms with Crippen molar-refractivity contribution in [2.45, 2.75) is 19.8 Å². The Kier molecular flexibility index (Phi) is 5.55. The number of hydrogen-bond donors (Lipinski definition) is 1. The van der Waals surface area contributed by atoms with Gasteiger partial charge in [0.2, 0.25) is 11.2 Å². The lowest BCUT2D eigenvalue weighted by Crippen LogP contribution is -2.07. The summed E-state index contributed by atoms with van der Waals surface area (Å²) in [6.45, 7) is 3.21. The maximum Gasteiger partial charge on any atom is 0.322 e. The van der Waals surface area contributed by atoms with Crippen LogP contribution in [-0.4, -0.2) is 28.1 Å². The second-order valence-corrected chi connectivity index (χ2v) is 4.52. The van der Waals surface area contributed by atoms with Gasteiger partial charge in [-0.3, -0.25) is 0 Å². The fourth-order valence-electron chi connectivity index (χ4n) is 1.72. The second kappa shape index (κ2) is 7.65. The smallest absolute Gasteiger partial charge is 0.322 e. The lowest BCUT2D eigenvalue weighted by Gasteiger charge is -2.06. The third-order valence-corrected chi connectivity index (χ3v) is 2.78. The molecule has 0 saturated carbocycles. The van der Waals surface area contributed by atoms with E-state index in [-0.39, 0.29) is 11.3 Å². The Bertz CT molecular complexity index is 536. The Hall–Kier alpha value is -1.88. The van der Waals surface area contributed by atoms with Crippen molar-refractivity contribution in [1.82, 2.24) is 15.0 Å². The summed E-state index contributed by atoms with van der Waals surface area (Å²) in [7, 11) is 0. The van der Waals surface area contributed by atoms with E-state index in [1.165, 1.54) is 5.56 Å². The molecule has 20 heavy (non-hydrogen) atoms. The standard InChI is InChI=1S/C14H17ClN4O/c1-2-16-13-17-12(15)18-14(19-13)20-10-6-9-11-7-4-3-5-8-11/h3-5,7-8H,2,6,9-10H2,1H3,(H,16,17,18,19). The minimum Gasteiger partial charge on any atom is -0.463 e. The minimum absolute atomic E-state index is 0.133. The number of anilines is 1. The Labute approximate surface area is 123 Å². The summed E-state index contributed by atoms with van der Waals surface area (Å²) in [6, 6.07) is 10.5. The molecule has 6 heteroatoms. The molecule has 0 aliphatic heterocycles. The molecule has 0 bridgehead atoms. The minimum atomic E-state index is 0.133. The number of ether oxygens (including phenoxy) is 1. The van der Waals surface area contributed by atoms with Gasteiger partial charge >= 0.3 is 6.01 Å². The molecule has 0 aliphatic carbocycles. The van der Waals surface area contributed by atoms with Crippen molar-refractivity contribution in [3.05, 3.63) is 41.2 Å². The van der Waals surface area contributed by atoms with Crippen LogP contribution in [0.3, 0.4) is 0 Å². The molecule has 1 aromatic carbocycles. The Morgan fingerprint density at radius 3 is 2.70 bits per heavy atom. The van der Waals surface area contributed by atoms with E-state index in [2.05, 4.69) is 32.4 Å². The molecule has 0 aliphatic rings. The summed E-state index contributed by atoms with van der Waals surface area (Å²) in [5.74, 6) is 0.436. The van der Waals surface area contributed by atoms with Gasteiger partial charge in [0.15, 0.2) is 0 Å². The molecule has 5 nitrogen and oxygen atoms in total. The van der Waals surface area contributed by atoms with Crippen molar-refractivity contribution < 1.29 is 4.74 Å². The van der Waals surface area contributed by atoms with Gasteiger partial charge in [-0.15, -0.1) is 0 Å². The lowest BCUT2D eigenvalue weighted by atomic mass is 10.1. The largest absolute Gasteiger partial charge is 0.463 e. The Morgan fingerprint density at radius 2 is 1.95 bits per heavy atom. The van der Waals surface area contributed by atoms with Crippen molar-refractivity contribution in [2.75, 3.05) is 18.5 Å². The normalized spacial score (nSPS) is 10.3. The van der Waals surface area contributed by atoms with E-state index in [1.54, 1.807) is 0 Å². The predicted molar refractivity (Wildman–Crippen MR) is 79.3 cm³/mol. The van der Waals surface area contributed by atoms with Crippen molar-refractivity contribution in [3.8, 4) is 6.01 Å². The van der Waals surface area contributed by atoms with E-state index >= 15 is 0 Å². The summed E-state index contributed by atoms with van der Waals surface area (Å²) < 4.78 is 5.51. The molecule has 1 N–H and O–H groups in total. The van der Waals surface area contributed by atoms with E-state index in [1.807, 2.05) is 25.1 Å². The highest BCUT2D eigenvalue weighted by molar-refractivity contribution is 6.28. The van der Waals surface area contributed by atoms with E-state index in [0.29, 0.717) is 19.1 Å². The molecule has 0 amide bonds. The molecular weight excluding hydrogens is 276 g/mol. The number of halogens is 1. The first-order chi connectivity index (χ1) is 9.78. The average molecular weight is 293 g/mol. The van der Waals surface area contributed by atoms with E-state index in [0.717, 1.165) is 12.8 Å². The quantitative estimate of drug-likeness (QED) is 0.795. The van der Waals surface area contributed by atoms with Gasteiger partial charge in [-0.2, -0.15) is 15.0 Å². The van der Waals surface area contributed by atoms with Crippen LogP contribution in [0, 0.1) is 0 Å². The van der Waals surface area contributed by atoms with Crippen LogP contribution in [0.25, 0.3) is 0 Å². The van der Waals surface area contributed by atoms with E-state index in [4.69, 9.17) is 16.3 Å². The fraction of sp³-hybridized carbons (Fsp3) is 0.357. The zero-order valence-electron chi connectivity index (χ0n) is 11.3. The summed E-state index contributed by atoms with van der Waals surface area (Å²) >= 11 is 5.81. The zero-order chi connectivity index (χ0) is 14.2. The second-order valence-electron chi connectivity index (χ2n) is 4.18. The van der Waals surface area contributed by atoms with E-state index in [9.17, 15) is 0 Å². The van der Waals surface area contributed by atoms with Gasteiger partial charge in [0.25, 0.3) is 0 Å². The molecule has 1 heterocycles. The molecule has 0 saturated heterocycles. The molecular formula is C14H17ClN4O. The zero-order valence-corrected chi connectivity index (χ0v) is 12.1. The van der Waals surface area contributed by atoms with Crippen molar-refractivity contribution >= 4 is 17.5 Å². The number of hydrogen-bond acceptors (Lipinski definition) is 5. The van der Waals surface area contributed by atoms with Crippen LogP contribution in [0.1, 0.15) is 18.9 Å². The molecule has 106 valence electrons. The summed E-state index contributed by atoms with van der Waals surface area (Å²) in [5.41, 5.74) is 1.29. The molecule has 2 rings (SSSR count). The Morgan fingerprint density at radius 1 is 1.15 bits per heavy atom. The highest BCUT2D eigenvalue weighted by Crippen LogP contribution is 2.11. The highest BCUT2D eigenvalue weighted by Gasteiger charge is 2.05. The summed E-state index contributed by atoms with van der Waals surface area (Å²) in [6.07, 6.45) is 1.85. The summed E-state index contributed by atoms with van der Waals surface area (Å²) in [5, 5.41) is 3.11. The van der Waals surface area contributed by atoms with Gasteiger partial charge in [-0.25, -0.2) is 0 Å². The SMILES string of the molecule is CCNc1nc(Cl)nc(OCCCc2ccccc2)n1. The van der Waals surface area contributed by atoms with Gasteiger partial charge in [0.1, 0.15) is 0 Å². The monoisotopic (exact) mass is 292 g/mol. The van der Waals surface area contributed by atoms with E-state index < -0.39 is 0 Å². The van der Waals surface area contributed by atoms with Gasteiger partial charge in [0.05, 0.1) is 6.61 Å². The molecule has 0 spiro atoms. The van der Waals surface area contributed by atoms with Crippen molar-refractivity contribution in [1.29, 1.82) is 0 Å². The van der Waals surface area contributed by atoms with Crippen LogP contribution in [0.2, 0.25) is 5.28 Å². The van der Waals surface area contributed by atoms with Crippen molar-refractivity contribution in [2.24, 2.45) is 0 Å². The third kappa shape index (κ3) is 4.66. The maximum atomic E-state index is 5.81. The molecule has 1 aromatic heterocycles. The number of aromatic nitrogens is 3. The summed E-state index contributed by atoms with van der Waals surface area (Å²) in [4.78, 5) is 12.0. The van der Waals surface area contributed by atoms with Gasteiger partial charge < -0.3 is 10.1 Å². The predicted octanol–water partition coefficient (Wildman–Crippen LogP) is 2.97. The first kappa shape index (κ1) is 14.5. The topological polar surface area (TPSA) is 59.9 Å². The number of rotatable bonds is 7. The fourth-order valence-corrected chi connectivity index (χ4v) is 1.87. The van der Waals surface area contributed by atoms with Crippen LogP contribution < -0.4 is 10.1 Å². The molecule has 2 aromatic rings. The van der Waals surface area contributed by atoms with Crippen LogP contribution in [0.15, 0.2) is 30.3 Å². The van der Waals surface area contributed by atoms with Gasteiger partial charge in [-0.1, -0.05) is 30.3 Å². The average Bonchev–Trinajstić information content (AvgIpc) is 2.45.